The number of benzene rings is 2. The fraction of sp³-hybridized carbons (Fsp3) is 0.333. The maximum absolute atomic E-state index is 11.8. The molecule has 0 saturated heterocycles. The lowest BCUT2D eigenvalue weighted by Gasteiger charge is -2.33. The first-order valence-corrected chi connectivity index (χ1v) is 11.5. The number of aromatic nitrogens is 1. The van der Waals surface area contributed by atoms with E-state index < -0.39 is 0 Å². The van der Waals surface area contributed by atoms with Crippen LogP contribution in [-0.2, 0) is 16.0 Å². The highest BCUT2D eigenvalue weighted by Crippen LogP contribution is 2.38. The largest absolute Gasteiger partial charge is 0.492 e. The van der Waals surface area contributed by atoms with Crippen LogP contribution in [0.1, 0.15) is 35.3 Å². The van der Waals surface area contributed by atoms with Crippen LogP contribution in [0.5, 0.6) is 5.75 Å². The SMILES string of the molecule is CCOC.Cc1ccc2[nH]c3c(c2c1)CCN(C=O)C3c1ccc(OCCN=C/C=C\N)cc1. The maximum atomic E-state index is 11.8. The Hall–Kier alpha value is -3.58. The molecule has 1 unspecified atom stereocenters. The third-order valence-corrected chi connectivity index (χ3v) is 5.73. The van der Waals surface area contributed by atoms with Crippen molar-refractivity contribution in [3.05, 3.63) is 77.1 Å². The fourth-order valence-corrected chi connectivity index (χ4v) is 4.04. The van der Waals surface area contributed by atoms with Gasteiger partial charge in [-0.3, -0.25) is 9.79 Å². The van der Waals surface area contributed by atoms with Gasteiger partial charge >= 0.3 is 0 Å². The molecule has 1 aliphatic heterocycles. The van der Waals surface area contributed by atoms with Crippen LogP contribution in [0.3, 0.4) is 0 Å². The molecular formula is C27H34N4O3. The Morgan fingerprint density at radius 2 is 2.00 bits per heavy atom. The number of methoxy groups -OCH3 is 1. The van der Waals surface area contributed by atoms with Gasteiger partial charge in [-0.05, 0) is 67.9 Å². The van der Waals surface area contributed by atoms with E-state index in [-0.39, 0.29) is 6.04 Å². The van der Waals surface area contributed by atoms with Gasteiger partial charge in [0, 0.05) is 43.1 Å². The Kier molecular flexibility index (Phi) is 9.29. The molecule has 0 bridgehead atoms. The Labute approximate surface area is 201 Å². The van der Waals surface area contributed by atoms with Gasteiger partial charge in [0.1, 0.15) is 12.4 Å². The first-order chi connectivity index (χ1) is 16.6. The van der Waals surface area contributed by atoms with Crippen molar-refractivity contribution < 1.29 is 14.3 Å². The Morgan fingerprint density at radius 1 is 1.24 bits per heavy atom. The number of amides is 1. The molecule has 7 heteroatoms. The monoisotopic (exact) mass is 462 g/mol. The Balaban J connectivity index is 0.000000751. The van der Waals surface area contributed by atoms with E-state index in [4.69, 9.17) is 10.5 Å². The highest BCUT2D eigenvalue weighted by molar-refractivity contribution is 5.86. The minimum atomic E-state index is -0.124. The number of fused-ring (bicyclic) bond motifs is 3. The molecule has 7 nitrogen and oxygen atoms in total. The van der Waals surface area contributed by atoms with Crippen molar-refractivity contribution in [2.24, 2.45) is 10.7 Å². The van der Waals surface area contributed by atoms with Gasteiger partial charge in [0.15, 0.2) is 0 Å². The van der Waals surface area contributed by atoms with Gasteiger partial charge in [0.2, 0.25) is 6.41 Å². The van der Waals surface area contributed by atoms with Crippen molar-refractivity contribution in [3.63, 3.8) is 0 Å². The first kappa shape index (κ1) is 25.1. The fourth-order valence-electron chi connectivity index (χ4n) is 4.04. The zero-order chi connectivity index (χ0) is 24.3. The summed E-state index contributed by atoms with van der Waals surface area (Å²) in [7, 11) is 1.68. The van der Waals surface area contributed by atoms with Crippen LogP contribution in [0, 0.1) is 6.92 Å². The van der Waals surface area contributed by atoms with E-state index in [9.17, 15) is 4.79 Å². The van der Waals surface area contributed by atoms with E-state index in [0.717, 1.165) is 42.0 Å². The number of aryl methyl sites for hydroxylation is 1. The lowest BCUT2D eigenvalue weighted by atomic mass is 9.92. The summed E-state index contributed by atoms with van der Waals surface area (Å²) in [5.41, 5.74) is 11.1. The van der Waals surface area contributed by atoms with Gasteiger partial charge < -0.3 is 25.1 Å². The third kappa shape index (κ3) is 6.05. The molecule has 2 heterocycles. The number of H-pyrrole nitrogens is 1. The van der Waals surface area contributed by atoms with E-state index in [2.05, 4.69) is 39.8 Å². The predicted molar refractivity (Wildman–Crippen MR) is 138 cm³/mol. The number of aliphatic imine (C=N–C) groups is 1. The lowest BCUT2D eigenvalue weighted by molar-refractivity contribution is -0.120. The van der Waals surface area contributed by atoms with Gasteiger partial charge in [0.05, 0.1) is 12.6 Å². The average molecular weight is 463 g/mol. The molecule has 1 atom stereocenters. The normalized spacial score (nSPS) is 15.4. The second kappa shape index (κ2) is 12.6. The first-order valence-electron chi connectivity index (χ1n) is 11.5. The molecule has 0 saturated carbocycles. The standard InChI is InChI=1S/C24H26N4O2.C3H8O/c1-17-3-8-22-21(15-17)20-9-13-28(16-29)24(23(20)27-22)18-4-6-19(7-5-18)30-14-12-26-11-2-10-25;1-3-4-2/h2-8,10-11,15-16,24,27H,9,12-14,25H2,1H3;3H2,1-2H3/b10-2-,26-11?;. The molecule has 1 aromatic heterocycles. The zero-order valence-electron chi connectivity index (χ0n) is 20.2. The number of nitrogens with two attached hydrogens (primary N) is 1. The van der Waals surface area contributed by atoms with Crippen LogP contribution < -0.4 is 10.5 Å². The number of carbonyl (C=O) groups is 1. The molecule has 0 aliphatic carbocycles. The van der Waals surface area contributed by atoms with Crippen molar-refractivity contribution in [1.29, 1.82) is 0 Å². The summed E-state index contributed by atoms with van der Waals surface area (Å²) >= 11 is 0. The number of ether oxygens (including phenoxy) is 2. The van der Waals surface area contributed by atoms with Crippen molar-refractivity contribution in [2.45, 2.75) is 26.3 Å². The van der Waals surface area contributed by atoms with E-state index in [1.54, 1.807) is 19.4 Å². The Bertz CT molecular complexity index is 1120. The smallest absolute Gasteiger partial charge is 0.210 e. The quantitative estimate of drug-likeness (QED) is 0.299. The van der Waals surface area contributed by atoms with Crippen molar-refractivity contribution >= 4 is 23.5 Å². The second-order valence-corrected chi connectivity index (χ2v) is 8.00. The van der Waals surface area contributed by atoms with Crippen molar-refractivity contribution in [3.8, 4) is 5.75 Å². The molecule has 2 aromatic carbocycles. The van der Waals surface area contributed by atoms with E-state index in [1.165, 1.54) is 22.7 Å². The maximum Gasteiger partial charge on any atom is 0.210 e. The molecular weight excluding hydrogens is 428 g/mol. The van der Waals surface area contributed by atoms with Gasteiger partial charge in [-0.2, -0.15) is 0 Å². The Morgan fingerprint density at radius 3 is 2.68 bits per heavy atom. The molecule has 3 N–H and O–H groups in total. The van der Waals surface area contributed by atoms with Gasteiger partial charge in [0.25, 0.3) is 0 Å². The number of nitrogens with one attached hydrogen (secondary N) is 1. The summed E-state index contributed by atoms with van der Waals surface area (Å²) in [5, 5.41) is 1.26. The van der Waals surface area contributed by atoms with E-state index in [0.29, 0.717) is 19.7 Å². The summed E-state index contributed by atoms with van der Waals surface area (Å²) < 4.78 is 10.3. The number of carbonyl (C=O) groups excluding carboxylic acids is 1. The lowest BCUT2D eigenvalue weighted by Crippen LogP contribution is -2.34. The molecule has 4 rings (SSSR count). The number of hydrogen-bond acceptors (Lipinski definition) is 5. The molecule has 180 valence electrons. The number of nitrogens with zero attached hydrogens (tertiary/aromatic N) is 2. The highest BCUT2D eigenvalue weighted by Gasteiger charge is 2.30. The van der Waals surface area contributed by atoms with Crippen LogP contribution in [-0.4, -0.2) is 55.9 Å². The number of allylic oxidation sites excluding steroid dienone is 1. The van der Waals surface area contributed by atoms with Crippen molar-refractivity contribution in [1.82, 2.24) is 9.88 Å². The molecule has 1 amide bonds. The van der Waals surface area contributed by atoms with Gasteiger partial charge in [-0.15, -0.1) is 0 Å². The summed E-state index contributed by atoms with van der Waals surface area (Å²) in [6.07, 6.45) is 6.58. The molecule has 3 aromatic rings. The summed E-state index contributed by atoms with van der Waals surface area (Å²) in [4.78, 5) is 21.4. The molecule has 1 aliphatic rings. The molecule has 34 heavy (non-hydrogen) atoms. The minimum Gasteiger partial charge on any atom is -0.492 e. The van der Waals surface area contributed by atoms with Crippen molar-refractivity contribution in [2.75, 3.05) is 33.4 Å². The highest BCUT2D eigenvalue weighted by atomic mass is 16.5. The average Bonchev–Trinajstić information content (AvgIpc) is 3.24. The topological polar surface area (TPSA) is 92.9 Å². The van der Waals surface area contributed by atoms with Crippen LogP contribution in [0.2, 0.25) is 0 Å². The predicted octanol–water partition coefficient (Wildman–Crippen LogP) is 4.15. The minimum absolute atomic E-state index is 0.124. The molecule has 0 fully saturated rings. The number of rotatable bonds is 8. The summed E-state index contributed by atoms with van der Waals surface area (Å²) in [6.45, 7) is 6.64. The summed E-state index contributed by atoms with van der Waals surface area (Å²) in [5.74, 6) is 0.782. The molecule has 0 radical (unpaired) electrons. The molecule has 0 spiro atoms. The van der Waals surface area contributed by atoms with Crippen LogP contribution in [0.4, 0.5) is 0 Å². The number of hydrogen-bond donors (Lipinski definition) is 2. The van der Waals surface area contributed by atoms with E-state index in [1.807, 2.05) is 36.1 Å². The third-order valence-electron chi connectivity index (χ3n) is 5.73. The van der Waals surface area contributed by atoms with Gasteiger partial charge in [-0.25, -0.2) is 0 Å². The van der Waals surface area contributed by atoms with Crippen LogP contribution in [0.15, 0.2) is 59.7 Å². The zero-order valence-corrected chi connectivity index (χ0v) is 20.2. The van der Waals surface area contributed by atoms with Crippen LogP contribution >= 0.6 is 0 Å². The van der Waals surface area contributed by atoms with Crippen LogP contribution in [0.25, 0.3) is 10.9 Å². The van der Waals surface area contributed by atoms with E-state index >= 15 is 0 Å². The summed E-state index contributed by atoms with van der Waals surface area (Å²) in [6, 6.07) is 14.3. The van der Waals surface area contributed by atoms with Gasteiger partial charge in [-0.1, -0.05) is 23.8 Å². The second-order valence-electron chi connectivity index (χ2n) is 8.00. The number of aromatic amines is 1.